The Labute approximate surface area is 112 Å². The maximum atomic E-state index is 10.8. The maximum absolute atomic E-state index is 10.8. The van der Waals surface area contributed by atoms with E-state index in [9.17, 15) is 4.79 Å². The van der Waals surface area contributed by atoms with Crippen molar-refractivity contribution >= 4 is 11.6 Å². The number of rotatable bonds is 6. The Balaban J connectivity index is 1.94. The van der Waals surface area contributed by atoms with Crippen LogP contribution in [0, 0.1) is 0 Å². The first-order valence-electron chi connectivity index (χ1n) is 6.29. The lowest BCUT2D eigenvalue weighted by Crippen LogP contribution is -2.13. The minimum atomic E-state index is -0.312. The first-order chi connectivity index (χ1) is 9.19. The zero-order valence-corrected chi connectivity index (χ0v) is 11.0. The van der Waals surface area contributed by atoms with Crippen molar-refractivity contribution in [2.45, 2.75) is 26.4 Å². The minimum Gasteiger partial charge on any atom is -0.379 e. The van der Waals surface area contributed by atoms with Gasteiger partial charge < -0.3 is 15.6 Å². The number of anilines is 1. The lowest BCUT2D eigenvalue weighted by molar-refractivity contribution is -0.117. The molecule has 3 N–H and O–H groups in total. The number of imidazole rings is 1. The van der Waals surface area contributed by atoms with E-state index in [2.05, 4.69) is 21.8 Å². The number of benzene rings is 1. The van der Waals surface area contributed by atoms with Crippen molar-refractivity contribution < 1.29 is 4.79 Å². The molecular formula is C14H18N4O. The summed E-state index contributed by atoms with van der Waals surface area (Å²) in [6, 6.07) is 7.71. The summed E-state index contributed by atoms with van der Waals surface area (Å²) in [5.41, 5.74) is 8.23. The Bertz CT molecular complexity index is 545. The van der Waals surface area contributed by atoms with E-state index in [-0.39, 0.29) is 12.3 Å². The summed E-state index contributed by atoms with van der Waals surface area (Å²) >= 11 is 0. The summed E-state index contributed by atoms with van der Waals surface area (Å²) in [6.07, 6.45) is 3.97. The van der Waals surface area contributed by atoms with Gasteiger partial charge in [0.25, 0.3) is 0 Å². The van der Waals surface area contributed by atoms with E-state index in [1.807, 2.05) is 36.8 Å². The SMILES string of the molecule is CCn1cncc1CNc1ccc(CC(N)=O)cc1. The summed E-state index contributed by atoms with van der Waals surface area (Å²) in [5, 5.41) is 3.33. The van der Waals surface area contributed by atoms with Crippen LogP contribution in [0.4, 0.5) is 5.69 Å². The third-order valence-corrected chi connectivity index (χ3v) is 2.95. The third kappa shape index (κ3) is 3.58. The lowest BCUT2D eigenvalue weighted by atomic mass is 10.1. The molecule has 1 heterocycles. The van der Waals surface area contributed by atoms with Crippen LogP contribution in [0.1, 0.15) is 18.2 Å². The number of aromatic nitrogens is 2. The van der Waals surface area contributed by atoms with Gasteiger partial charge >= 0.3 is 0 Å². The monoisotopic (exact) mass is 258 g/mol. The van der Waals surface area contributed by atoms with Gasteiger partial charge in [-0.1, -0.05) is 12.1 Å². The number of hydrogen-bond acceptors (Lipinski definition) is 3. The highest BCUT2D eigenvalue weighted by Crippen LogP contribution is 2.11. The number of nitrogens with zero attached hydrogens (tertiary/aromatic N) is 2. The Kier molecular flexibility index (Phi) is 4.18. The first-order valence-corrected chi connectivity index (χ1v) is 6.29. The fourth-order valence-corrected chi connectivity index (χ4v) is 1.91. The molecule has 5 heteroatoms. The largest absolute Gasteiger partial charge is 0.379 e. The minimum absolute atomic E-state index is 0.281. The van der Waals surface area contributed by atoms with Crippen LogP contribution >= 0.6 is 0 Å². The van der Waals surface area contributed by atoms with Crippen molar-refractivity contribution in [2.75, 3.05) is 5.32 Å². The normalized spacial score (nSPS) is 10.4. The Hall–Kier alpha value is -2.30. The molecule has 0 aliphatic rings. The Morgan fingerprint density at radius 3 is 2.74 bits per heavy atom. The van der Waals surface area contributed by atoms with E-state index < -0.39 is 0 Å². The predicted octanol–water partition coefficient (Wildman–Crippen LogP) is 1.54. The number of primary amides is 1. The fourth-order valence-electron chi connectivity index (χ4n) is 1.91. The number of hydrogen-bond donors (Lipinski definition) is 2. The fraction of sp³-hybridized carbons (Fsp3) is 0.286. The van der Waals surface area contributed by atoms with Crippen LogP contribution in [-0.4, -0.2) is 15.5 Å². The van der Waals surface area contributed by atoms with E-state index >= 15 is 0 Å². The number of nitrogens with one attached hydrogen (secondary N) is 1. The molecule has 100 valence electrons. The Morgan fingerprint density at radius 2 is 2.11 bits per heavy atom. The highest BCUT2D eigenvalue weighted by atomic mass is 16.1. The van der Waals surface area contributed by atoms with Crippen molar-refractivity contribution in [3.8, 4) is 0 Å². The van der Waals surface area contributed by atoms with Crippen LogP contribution in [-0.2, 0) is 24.3 Å². The summed E-state index contributed by atoms with van der Waals surface area (Å²) in [4.78, 5) is 14.9. The first kappa shape index (κ1) is 13.1. The lowest BCUT2D eigenvalue weighted by Gasteiger charge is -2.08. The molecule has 0 aliphatic heterocycles. The van der Waals surface area contributed by atoms with Crippen molar-refractivity contribution in [1.29, 1.82) is 0 Å². The van der Waals surface area contributed by atoms with E-state index in [4.69, 9.17) is 5.73 Å². The van der Waals surface area contributed by atoms with Crippen LogP contribution in [0.15, 0.2) is 36.8 Å². The van der Waals surface area contributed by atoms with Crippen molar-refractivity contribution in [1.82, 2.24) is 9.55 Å². The molecule has 1 amide bonds. The molecule has 5 nitrogen and oxygen atoms in total. The summed E-state index contributed by atoms with van der Waals surface area (Å²) in [7, 11) is 0. The van der Waals surface area contributed by atoms with Gasteiger partial charge in [-0.2, -0.15) is 0 Å². The summed E-state index contributed by atoms with van der Waals surface area (Å²) < 4.78 is 2.09. The van der Waals surface area contributed by atoms with Gasteiger partial charge in [0.1, 0.15) is 0 Å². The van der Waals surface area contributed by atoms with Gasteiger partial charge in [-0.25, -0.2) is 4.98 Å². The molecule has 0 spiro atoms. The van der Waals surface area contributed by atoms with Gasteiger partial charge in [-0.05, 0) is 24.6 Å². The van der Waals surface area contributed by atoms with Crippen molar-refractivity contribution in [3.05, 3.63) is 48.0 Å². The number of carbonyl (C=O) groups is 1. The number of carbonyl (C=O) groups excluding carboxylic acids is 1. The van der Waals surface area contributed by atoms with Crippen LogP contribution in [0.5, 0.6) is 0 Å². The van der Waals surface area contributed by atoms with Crippen LogP contribution < -0.4 is 11.1 Å². The summed E-state index contributed by atoms with van der Waals surface area (Å²) in [5.74, 6) is -0.312. The number of amides is 1. The van der Waals surface area contributed by atoms with E-state index in [1.54, 1.807) is 0 Å². The standard InChI is InChI=1S/C14H18N4O/c1-2-18-10-16-8-13(18)9-17-12-5-3-11(4-6-12)7-14(15)19/h3-6,8,10,17H,2,7,9H2,1H3,(H2,15,19). The average Bonchev–Trinajstić information content (AvgIpc) is 2.84. The Morgan fingerprint density at radius 1 is 1.37 bits per heavy atom. The second-order valence-electron chi connectivity index (χ2n) is 4.36. The molecule has 0 radical (unpaired) electrons. The van der Waals surface area contributed by atoms with Gasteiger partial charge in [0, 0.05) is 18.4 Å². The van der Waals surface area contributed by atoms with Gasteiger partial charge in [-0.15, -0.1) is 0 Å². The molecule has 2 rings (SSSR count). The molecule has 1 aromatic heterocycles. The average molecular weight is 258 g/mol. The third-order valence-electron chi connectivity index (χ3n) is 2.95. The molecule has 0 atom stereocenters. The smallest absolute Gasteiger partial charge is 0.221 e. The highest BCUT2D eigenvalue weighted by Gasteiger charge is 2.01. The molecule has 0 fully saturated rings. The quantitative estimate of drug-likeness (QED) is 0.825. The maximum Gasteiger partial charge on any atom is 0.221 e. The molecule has 0 bridgehead atoms. The molecule has 0 aliphatic carbocycles. The molecule has 0 unspecified atom stereocenters. The molecule has 1 aromatic carbocycles. The van der Waals surface area contributed by atoms with Crippen molar-refractivity contribution in [3.63, 3.8) is 0 Å². The van der Waals surface area contributed by atoms with Crippen LogP contribution in [0.2, 0.25) is 0 Å². The molecule has 0 saturated heterocycles. The van der Waals surface area contributed by atoms with Gasteiger partial charge in [0.2, 0.25) is 5.91 Å². The summed E-state index contributed by atoms with van der Waals surface area (Å²) in [6.45, 7) is 3.72. The van der Waals surface area contributed by atoms with E-state index in [1.165, 1.54) is 0 Å². The van der Waals surface area contributed by atoms with Gasteiger partial charge in [-0.3, -0.25) is 4.79 Å². The molecule has 19 heavy (non-hydrogen) atoms. The van der Waals surface area contributed by atoms with Crippen LogP contribution in [0.25, 0.3) is 0 Å². The second kappa shape index (κ2) is 6.04. The predicted molar refractivity (Wildman–Crippen MR) is 74.6 cm³/mol. The van der Waals surface area contributed by atoms with Gasteiger partial charge in [0.05, 0.1) is 25.0 Å². The number of aryl methyl sites for hydroxylation is 1. The molecule has 0 saturated carbocycles. The molecule has 2 aromatic rings. The number of nitrogens with two attached hydrogens (primary N) is 1. The zero-order chi connectivity index (χ0) is 13.7. The van der Waals surface area contributed by atoms with E-state index in [0.717, 1.165) is 30.0 Å². The van der Waals surface area contributed by atoms with Crippen molar-refractivity contribution in [2.24, 2.45) is 5.73 Å². The zero-order valence-electron chi connectivity index (χ0n) is 11.0. The van der Waals surface area contributed by atoms with Crippen LogP contribution in [0.3, 0.4) is 0 Å². The molecular weight excluding hydrogens is 240 g/mol. The van der Waals surface area contributed by atoms with E-state index in [0.29, 0.717) is 0 Å². The second-order valence-corrected chi connectivity index (χ2v) is 4.36. The van der Waals surface area contributed by atoms with Gasteiger partial charge in [0.15, 0.2) is 0 Å². The highest BCUT2D eigenvalue weighted by molar-refractivity contribution is 5.76. The topological polar surface area (TPSA) is 72.9 Å².